The van der Waals surface area contributed by atoms with E-state index in [1.54, 1.807) is 11.3 Å². The molecule has 0 saturated heterocycles. The predicted molar refractivity (Wildman–Crippen MR) is 80.3 cm³/mol. The molecule has 0 aliphatic heterocycles. The molecule has 0 bridgehead atoms. The summed E-state index contributed by atoms with van der Waals surface area (Å²) < 4.78 is 1.06. The number of hydrogen-bond acceptors (Lipinski definition) is 5. The van der Waals surface area contributed by atoms with E-state index in [-0.39, 0.29) is 12.3 Å². The van der Waals surface area contributed by atoms with Gasteiger partial charge in [-0.15, -0.1) is 11.3 Å². The molecule has 0 fully saturated rings. The summed E-state index contributed by atoms with van der Waals surface area (Å²) in [5.74, 6) is -0.346. The first-order chi connectivity index (χ1) is 8.77. The van der Waals surface area contributed by atoms with Crippen LogP contribution in [0.4, 0.5) is 11.4 Å². The molecule has 1 aromatic heterocycles. The zero-order valence-electron chi connectivity index (χ0n) is 11.3. The van der Waals surface area contributed by atoms with Crippen molar-refractivity contribution in [3.8, 4) is 0 Å². The molecule has 2 rings (SSSR count). The number of aryl methyl sites for hydroxylation is 1. The van der Waals surface area contributed by atoms with E-state index >= 15 is 0 Å². The molecule has 0 aliphatic carbocycles. The number of amides is 1. The third-order valence-electron chi connectivity index (χ3n) is 2.76. The Morgan fingerprint density at radius 3 is 2.79 bits per heavy atom. The van der Waals surface area contributed by atoms with Crippen LogP contribution in [-0.4, -0.2) is 16.4 Å². The number of carbonyl (C=O) groups excluding carboxylic acids is 1. The lowest BCUT2D eigenvalue weighted by Gasteiger charge is -2.27. The quantitative estimate of drug-likeness (QED) is 0.748. The number of aromatic nitrogens is 1. The average Bonchev–Trinajstić information content (AvgIpc) is 2.55. The lowest BCUT2D eigenvalue weighted by molar-refractivity contribution is -0.118. The van der Waals surface area contributed by atoms with E-state index in [4.69, 9.17) is 11.5 Å². The molecular weight excluding hydrogens is 260 g/mol. The van der Waals surface area contributed by atoms with Crippen LogP contribution in [0.2, 0.25) is 0 Å². The van der Waals surface area contributed by atoms with Crippen molar-refractivity contribution in [2.45, 2.75) is 32.7 Å². The first-order valence-corrected chi connectivity index (χ1v) is 6.82. The van der Waals surface area contributed by atoms with E-state index in [0.717, 1.165) is 20.9 Å². The van der Waals surface area contributed by atoms with Crippen molar-refractivity contribution in [1.29, 1.82) is 0 Å². The number of hydrogen-bond donors (Lipinski definition) is 3. The first kappa shape index (κ1) is 13.6. The minimum Gasteiger partial charge on any atom is -0.397 e. The molecule has 0 radical (unpaired) electrons. The van der Waals surface area contributed by atoms with Crippen LogP contribution in [0.25, 0.3) is 10.2 Å². The summed E-state index contributed by atoms with van der Waals surface area (Å²) in [4.78, 5) is 15.5. The van der Waals surface area contributed by atoms with Crippen LogP contribution in [0.1, 0.15) is 25.3 Å². The summed E-state index contributed by atoms with van der Waals surface area (Å²) in [6.07, 6.45) is 0.237. The predicted octanol–water partition coefficient (Wildman–Crippen LogP) is 2.25. The minimum absolute atomic E-state index is 0.237. The van der Waals surface area contributed by atoms with Crippen molar-refractivity contribution in [3.05, 3.63) is 17.1 Å². The highest BCUT2D eigenvalue weighted by Crippen LogP contribution is 2.31. The normalized spacial score (nSPS) is 11.7. The van der Waals surface area contributed by atoms with Gasteiger partial charge in [0.05, 0.1) is 26.6 Å². The topological polar surface area (TPSA) is 94.0 Å². The van der Waals surface area contributed by atoms with E-state index in [2.05, 4.69) is 10.3 Å². The second-order valence-electron chi connectivity index (χ2n) is 5.29. The Kier molecular flexibility index (Phi) is 3.36. The third-order valence-corrected chi connectivity index (χ3v) is 3.69. The smallest absolute Gasteiger partial charge is 0.219 e. The Bertz CT molecular complexity index is 633. The van der Waals surface area contributed by atoms with Gasteiger partial charge >= 0.3 is 0 Å². The van der Waals surface area contributed by atoms with Crippen molar-refractivity contribution >= 4 is 38.8 Å². The van der Waals surface area contributed by atoms with Gasteiger partial charge in [0.2, 0.25) is 5.91 Å². The third kappa shape index (κ3) is 3.14. The van der Waals surface area contributed by atoms with Gasteiger partial charge in [0.1, 0.15) is 0 Å². The zero-order chi connectivity index (χ0) is 14.2. The Morgan fingerprint density at radius 1 is 1.47 bits per heavy atom. The van der Waals surface area contributed by atoms with Crippen molar-refractivity contribution in [2.75, 3.05) is 11.1 Å². The number of primary amides is 1. The number of nitrogens with two attached hydrogens (primary N) is 2. The molecule has 0 unspecified atom stereocenters. The summed E-state index contributed by atoms with van der Waals surface area (Å²) in [7, 11) is 0. The maximum atomic E-state index is 11.0. The molecule has 1 amide bonds. The van der Waals surface area contributed by atoms with Gasteiger partial charge in [-0.3, -0.25) is 4.79 Å². The average molecular weight is 278 g/mol. The highest BCUT2D eigenvalue weighted by molar-refractivity contribution is 7.18. The Balaban J connectivity index is 2.34. The zero-order valence-corrected chi connectivity index (χ0v) is 12.1. The van der Waals surface area contributed by atoms with Crippen LogP contribution < -0.4 is 16.8 Å². The van der Waals surface area contributed by atoms with E-state index in [9.17, 15) is 4.79 Å². The second-order valence-corrected chi connectivity index (χ2v) is 6.53. The summed E-state index contributed by atoms with van der Waals surface area (Å²) >= 11 is 1.61. The number of benzene rings is 1. The summed E-state index contributed by atoms with van der Waals surface area (Å²) in [5.41, 5.74) is 13.2. The van der Waals surface area contributed by atoms with Crippen molar-refractivity contribution in [2.24, 2.45) is 5.73 Å². The fraction of sp³-hybridized carbons (Fsp3) is 0.385. The van der Waals surface area contributed by atoms with Crippen molar-refractivity contribution in [1.82, 2.24) is 4.98 Å². The molecule has 2 aromatic rings. The van der Waals surface area contributed by atoms with E-state index < -0.39 is 5.54 Å². The number of rotatable bonds is 4. The highest BCUT2D eigenvalue weighted by Gasteiger charge is 2.21. The van der Waals surface area contributed by atoms with E-state index in [1.165, 1.54) is 0 Å². The van der Waals surface area contributed by atoms with Gasteiger partial charge in [-0.05, 0) is 32.9 Å². The largest absolute Gasteiger partial charge is 0.397 e. The second kappa shape index (κ2) is 4.70. The fourth-order valence-corrected chi connectivity index (χ4v) is 2.91. The molecule has 1 heterocycles. The molecule has 1 aromatic carbocycles. The maximum Gasteiger partial charge on any atom is 0.219 e. The number of thiazole rings is 1. The van der Waals surface area contributed by atoms with E-state index in [0.29, 0.717) is 5.69 Å². The van der Waals surface area contributed by atoms with Crippen molar-refractivity contribution in [3.63, 3.8) is 0 Å². The van der Waals surface area contributed by atoms with Crippen LogP contribution in [0.3, 0.4) is 0 Å². The van der Waals surface area contributed by atoms with Crippen LogP contribution in [0, 0.1) is 6.92 Å². The molecular formula is C13H18N4OS. The number of fused-ring (bicyclic) bond motifs is 1. The number of nitrogens with one attached hydrogen (secondary N) is 1. The monoisotopic (exact) mass is 278 g/mol. The lowest BCUT2D eigenvalue weighted by Crippen LogP contribution is -2.36. The SMILES string of the molecule is Cc1nc2cc(NC(C)(C)CC(N)=O)c(N)cc2s1. The fourth-order valence-electron chi connectivity index (χ4n) is 2.06. The van der Waals surface area contributed by atoms with Gasteiger partial charge in [0.25, 0.3) is 0 Å². The minimum atomic E-state index is -0.446. The summed E-state index contributed by atoms with van der Waals surface area (Å²) in [6.45, 7) is 5.78. The molecule has 102 valence electrons. The molecule has 5 nitrogen and oxygen atoms in total. The molecule has 6 heteroatoms. The van der Waals surface area contributed by atoms with Gasteiger partial charge < -0.3 is 16.8 Å². The van der Waals surface area contributed by atoms with Gasteiger partial charge in [0, 0.05) is 12.0 Å². The van der Waals surface area contributed by atoms with Gasteiger partial charge in [0.15, 0.2) is 0 Å². The molecule has 0 saturated carbocycles. The molecule has 0 aliphatic rings. The number of nitrogens with zero attached hydrogens (tertiary/aromatic N) is 1. The Hall–Kier alpha value is -1.82. The number of carbonyl (C=O) groups is 1. The van der Waals surface area contributed by atoms with E-state index in [1.807, 2.05) is 32.9 Å². The highest BCUT2D eigenvalue weighted by atomic mass is 32.1. The maximum absolute atomic E-state index is 11.0. The lowest BCUT2D eigenvalue weighted by atomic mass is 9.99. The Labute approximate surface area is 116 Å². The van der Waals surface area contributed by atoms with Crippen LogP contribution >= 0.6 is 11.3 Å². The van der Waals surface area contributed by atoms with Gasteiger partial charge in [-0.25, -0.2) is 4.98 Å². The molecule has 0 atom stereocenters. The summed E-state index contributed by atoms with van der Waals surface area (Å²) in [6, 6.07) is 3.82. The molecule has 0 spiro atoms. The molecule has 5 N–H and O–H groups in total. The van der Waals surface area contributed by atoms with Gasteiger partial charge in [-0.2, -0.15) is 0 Å². The molecule has 19 heavy (non-hydrogen) atoms. The van der Waals surface area contributed by atoms with Gasteiger partial charge in [-0.1, -0.05) is 0 Å². The van der Waals surface area contributed by atoms with Crippen LogP contribution in [-0.2, 0) is 4.79 Å². The van der Waals surface area contributed by atoms with Crippen LogP contribution in [0.15, 0.2) is 12.1 Å². The standard InChI is InChI=1S/C13H18N4OS/c1-7-16-10-5-9(8(14)4-11(10)19-7)17-13(2,3)6-12(15)18/h4-5,17H,6,14H2,1-3H3,(H2,15,18). The number of anilines is 2. The first-order valence-electron chi connectivity index (χ1n) is 6.00. The Morgan fingerprint density at radius 2 is 2.16 bits per heavy atom. The summed E-state index contributed by atoms with van der Waals surface area (Å²) in [5, 5.41) is 4.26. The number of nitrogen functional groups attached to an aromatic ring is 1. The van der Waals surface area contributed by atoms with Crippen molar-refractivity contribution < 1.29 is 4.79 Å². The van der Waals surface area contributed by atoms with Crippen LogP contribution in [0.5, 0.6) is 0 Å².